The van der Waals surface area contributed by atoms with E-state index in [4.69, 9.17) is 0 Å². The Morgan fingerprint density at radius 3 is 2.90 bits per heavy atom. The molecule has 20 heavy (non-hydrogen) atoms. The van der Waals surface area contributed by atoms with Crippen molar-refractivity contribution in [1.29, 1.82) is 0 Å². The van der Waals surface area contributed by atoms with E-state index < -0.39 is 0 Å². The van der Waals surface area contributed by atoms with E-state index in [1.54, 1.807) is 0 Å². The molecule has 4 heteroatoms. The average molecular weight is 276 g/mol. The van der Waals surface area contributed by atoms with Crippen LogP contribution in [-0.4, -0.2) is 39.9 Å². The average Bonchev–Trinajstić information content (AvgIpc) is 3.18. The number of aryl methyl sites for hydroxylation is 2. The van der Waals surface area contributed by atoms with E-state index in [1.807, 2.05) is 0 Å². The van der Waals surface area contributed by atoms with Crippen LogP contribution in [0, 0.1) is 0 Å². The summed E-state index contributed by atoms with van der Waals surface area (Å²) in [4.78, 5) is 2.69. The van der Waals surface area contributed by atoms with E-state index in [1.165, 1.54) is 50.2 Å². The Bertz CT molecular complexity index is 434. The van der Waals surface area contributed by atoms with Crippen LogP contribution in [0.1, 0.15) is 50.9 Å². The first-order valence-corrected chi connectivity index (χ1v) is 8.34. The minimum absolute atomic E-state index is 0.723. The largest absolute Gasteiger partial charge is 0.312 e. The van der Waals surface area contributed by atoms with Crippen molar-refractivity contribution >= 4 is 0 Å². The summed E-state index contributed by atoms with van der Waals surface area (Å²) in [6.45, 7) is 8.89. The van der Waals surface area contributed by atoms with Crippen molar-refractivity contribution in [3.8, 4) is 0 Å². The number of nitrogens with zero attached hydrogens (tertiary/aromatic N) is 3. The van der Waals surface area contributed by atoms with Crippen molar-refractivity contribution in [2.45, 2.75) is 71.1 Å². The van der Waals surface area contributed by atoms with Crippen LogP contribution in [0.3, 0.4) is 0 Å². The summed E-state index contributed by atoms with van der Waals surface area (Å²) in [5.41, 5.74) is 2.63. The fourth-order valence-electron chi connectivity index (χ4n) is 3.84. The molecule has 2 atom stereocenters. The summed E-state index contributed by atoms with van der Waals surface area (Å²) in [5.74, 6) is 0. The van der Waals surface area contributed by atoms with Crippen LogP contribution in [0.15, 0.2) is 6.07 Å². The maximum Gasteiger partial charge on any atom is 0.0625 e. The van der Waals surface area contributed by atoms with Gasteiger partial charge in [-0.25, -0.2) is 0 Å². The third kappa shape index (κ3) is 2.77. The molecule has 0 spiro atoms. The number of aromatic nitrogens is 2. The van der Waals surface area contributed by atoms with Gasteiger partial charge in [-0.3, -0.25) is 9.58 Å². The summed E-state index contributed by atoms with van der Waals surface area (Å²) >= 11 is 0. The zero-order valence-corrected chi connectivity index (χ0v) is 12.9. The van der Waals surface area contributed by atoms with E-state index in [0.717, 1.165) is 31.6 Å². The topological polar surface area (TPSA) is 33.1 Å². The second kappa shape index (κ2) is 6.27. The summed E-state index contributed by atoms with van der Waals surface area (Å²) in [7, 11) is 0. The molecule has 1 N–H and O–H groups in total. The number of hydrogen-bond donors (Lipinski definition) is 1. The van der Waals surface area contributed by atoms with Crippen LogP contribution < -0.4 is 5.32 Å². The van der Waals surface area contributed by atoms with Crippen molar-refractivity contribution in [3.05, 3.63) is 17.5 Å². The zero-order valence-electron chi connectivity index (χ0n) is 12.9. The first kappa shape index (κ1) is 14.1. The highest BCUT2D eigenvalue weighted by atomic mass is 15.3. The van der Waals surface area contributed by atoms with Crippen LogP contribution >= 0.6 is 0 Å². The fraction of sp³-hybridized carbons (Fsp3) is 0.812. The Morgan fingerprint density at radius 2 is 2.20 bits per heavy atom. The molecule has 3 heterocycles. The molecule has 0 radical (unpaired) electrons. The molecule has 2 aliphatic heterocycles. The molecular formula is C16H28N4. The molecule has 112 valence electrons. The predicted octanol–water partition coefficient (Wildman–Crippen LogP) is 2.18. The molecule has 0 aromatic carbocycles. The molecule has 2 unspecified atom stereocenters. The molecule has 2 aliphatic rings. The lowest BCUT2D eigenvalue weighted by Crippen LogP contribution is -2.43. The minimum Gasteiger partial charge on any atom is -0.312 e. The number of rotatable bonds is 5. The van der Waals surface area contributed by atoms with Gasteiger partial charge < -0.3 is 5.32 Å². The quantitative estimate of drug-likeness (QED) is 0.895. The second-order valence-corrected chi connectivity index (χ2v) is 6.18. The summed E-state index contributed by atoms with van der Waals surface area (Å²) in [5, 5.41) is 8.38. The lowest BCUT2D eigenvalue weighted by molar-refractivity contribution is 0.201. The maximum absolute atomic E-state index is 4.69. The molecule has 4 nitrogen and oxygen atoms in total. The molecule has 2 saturated heterocycles. The van der Waals surface area contributed by atoms with Crippen molar-refractivity contribution < 1.29 is 0 Å². The van der Waals surface area contributed by atoms with Gasteiger partial charge in [0.1, 0.15) is 0 Å². The Labute approximate surface area is 122 Å². The van der Waals surface area contributed by atoms with Crippen molar-refractivity contribution in [2.24, 2.45) is 0 Å². The smallest absolute Gasteiger partial charge is 0.0625 e. The summed E-state index contributed by atoms with van der Waals surface area (Å²) in [6, 6.07) is 3.77. The normalized spacial score (nSPS) is 27.5. The Kier molecular flexibility index (Phi) is 4.41. The summed E-state index contributed by atoms with van der Waals surface area (Å²) in [6.07, 6.45) is 6.45. The standard InChI is InChI=1S/C16H28N4/c1-3-13-11-14(20(4-2)18-13)12-19-10-6-8-16(19)15-7-5-9-17-15/h11,15-17H,3-10,12H2,1-2H3. The monoisotopic (exact) mass is 276 g/mol. The molecule has 1 aromatic rings. The van der Waals surface area contributed by atoms with Gasteiger partial charge in [-0.15, -0.1) is 0 Å². The SMILES string of the molecule is CCc1cc(CN2CCCC2C2CCCN2)n(CC)n1. The van der Waals surface area contributed by atoms with E-state index in [2.05, 4.69) is 39.9 Å². The number of hydrogen-bond acceptors (Lipinski definition) is 3. The predicted molar refractivity (Wildman–Crippen MR) is 81.7 cm³/mol. The van der Waals surface area contributed by atoms with Crippen LogP contribution in [-0.2, 0) is 19.5 Å². The highest BCUT2D eigenvalue weighted by Crippen LogP contribution is 2.26. The van der Waals surface area contributed by atoms with E-state index in [0.29, 0.717) is 0 Å². The lowest BCUT2D eigenvalue weighted by atomic mass is 10.0. The highest BCUT2D eigenvalue weighted by Gasteiger charge is 2.33. The van der Waals surface area contributed by atoms with Gasteiger partial charge in [0.2, 0.25) is 0 Å². The van der Waals surface area contributed by atoms with Gasteiger partial charge in [-0.1, -0.05) is 6.92 Å². The van der Waals surface area contributed by atoms with Gasteiger partial charge in [0.25, 0.3) is 0 Å². The van der Waals surface area contributed by atoms with Crippen molar-refractivity contribution in [2.75, 3.05) is 13.1 Å². The zero-order chi connectivity index (χ0) is 13.9. The van der Waals surface area contributed by atoms with Crippen molar-refractivity contribution in [3.63, 3.8) is 0 Å². The molecule has 0 amide bonds. The van der Waals surface area contributed by atoms with Crippen LogP contribution in [0.2, 0.25) is 0 Å². The second-order valence-electron chi connectivity index (χ2n) is 6.18. The van der Waals surface area contributed by atoms with Gasteiger partial charge in [-0.05, 0) is 58.2 Å². The molecule has 2 fully saturated rings. The van der Waals surface area contributed by atoms with Crippen LogP contribution in [0.25, 0.3) is 0 Å². The van der Waals surface area contributed by atoms with Gasteiger partial charge in [0.05, 0.1) is 11.4 Å². The molecule has 1 aromatic heterocycles. The maximum atomic E-state index is 4.69. The van der Waals surface area contributed by atoms with Gasteiger partial charge in [0, 0.05) is 25.2 Å². The minimum atomic E-state index is 0.723. The van der Waals surface area contributed by atoms with Gasteiger partial charge in [-0.2, -0.15) is 5.10 Å². The van der Waals surface area contributed by atoms with Gasteiger partial charge >= 0.3 is 0 Å². The molecule has 0 saturated carbocycles. The molecule has 0 bridgehead atoms. The third-order valence-corrected chi connectivity index (χ3v) is 4.92. The summed E-state index contributed by atoms with van der Waals surface area (Å²) < 4.78 is 2.19. The van der Waals surface area contributed by atoms with Crippen molar-refractivity contribution in [1.82, 2.24) is 20.0 Å². The Hall–Kier alpha value is -0.870. The Balaban J connectivity index is 1.71. The first-order valence-electron chi connectivity index (χ1n) is 8.34. The molecule has 0 aliphatic carbocycles. The third-order valence-electron chi connectivity index (χ3n) is 4.92. The fourth-order valence-corrected chi connectivity index (χ4v) is 3.84. The highest BCUT2D eigenvalue weighted by molar-refractivity contribution is 5.11. The first-order chi connectivity index (χ1) is 9.81. The number of nitrogens with one attached hydrogen (secondary N) is 1. The van der Waals surface area contributed by atoms with E-state index in [9.17, 15) is 0 Å². The molecular weight excluding hydrogens is 248 g/mol. The van der Waals surface area contributed by atoms with E-state index in [-0.39, 0.29) is 0 Å². The lowest BCUT2D eigenvalue weighted by Gasteiger charge is -2.29. The van der Waals surface area contributed by atoms with Crippen LogP contribution in [0.4, 0.5) is 0 Å². The van der Waals surface area contributed by atoms with Gasteiger partial charge in [0.15, 0.2) is 0 Å². The number of likely N-dealkylation sites (tertiary alicyclic amines) is 1. The van der Waals surface area contributed by atoms with Crippen LogP contribution in [0.5, 0.6) is 0 Å². The molecule has 3 rings (SSSR count). The van der Waals surface area contributed by atoms with E-state index >= 15 is 0 Å². The Morgan fingerprint density at radius 1 is 1.30 bits per heavy atom.